The highest BCUT2D eigenvalue weighted by Crippen LogP contribution is 2.33. The van der Waals surface area contributed by atoms with Gasteiger partial charge >= 0.3 is 6.03 Å². The Morgan fingerprint density at radius 3 is 2.29 bits per heavy atom. The lowest BCUT2D eigenvalue weighted by Crippen LogP contribution is -2.65. The van der Waals surface area contributed by atoms with Gasteiger partial charge in [-0.3, -0.25) is 19.8 Å². The van der Waals surface area contributed by atoms with E-state index in [1.165, 1.54) is 6.08 Å². The number of carbonyl (C=O) groups is 3. The van der Waals surface area contributed by atoms with Gasteiger partial charge in [0.2, 0.25) is 11.8 Å². The van der Waals surface area contributed by atoms with Gasteiger partial charge < -0.3 is 0 Å². The Balaban J connectivity index is 3.20. The highest BCUT2D eigenvalue weighted by molar-refractivity contribution is 6.19. The summed E-state index contributed by atoms with van der Waals surface area (Å²) in [4.78, 5) is 36.9. The number of urea groups is 1. The second-order valence-electron chi connectivity index (χ2n) is 4.20. The van der Waals surface area contributed by atoms with E-state index in [1.54, 1.807) is 20.8 Å². The number of rotatable bonds is 4. The van der Waals surface area contributed by atoms with Gasteiger partial charge in [-0.05, 0) is 19.8 Å². The molecule has 5 nitrogen and oxygen atoms in total. The standard InChI is InChI=1S/C12H18N2O3/c1-5-8(4)14-10(16)12(6-2,7-3)9(15)13-11(14)17/h5,8H,1,6-7H2,2-4H3,(H,13,15,17). The molecule has 1 rings (SSSR count). The summed E-state index contributed by atoms with van der Waals surface area (Å²) in [7, 11) is 0. The molecule has 1 unspecified atom stereocenters. The van der Waals surface area contributed by atoms with Gasteiger partial charge in [-0.2, -0.15) is 0 Å². The number of hydrogen-bond acceptors (Lipinski definition) is 3. The van der Waals surface area contributed by atoms with E-state index in [0.29, 0.717) is 12.8 Å². The first-order valence-electron chi connectivity index (χ1n) is 5.76. The largest absolute Gasteiger partial charge is 0.331 e. The van der Waals surface area contributed by atoms with Crippen LogP contribution in [0.2, 0.25) is 0 Å². The van der Waals surface area contributed by atoms with Crippen LogP contribution in [0.4, 0.5) is 4.79 Å². The molecule has 0 bridgehead atoms. The molecule has 4 amide bonds. The number of carbonyl (C=O) groups excluding carboxylic acids is 3. The Hall–Kier alpha value is -1.65. The van der Waals surface area contributed by atoms with Crippen molar-refractivity contribution < 1.29 is 14.4 Å². The van der Waals surface area contributed by atoms with Crippen LogP contribution in [0.15, 0.2) is 12.7 Å². The normalized spacial score (nSPS) is 21.1. The zero-order valence-electron chi connectivity index (χ0n) is 10.4. The molecular weight excluding hydrogens is 220 g/mol. The molecule has 1 atom stereocenters. The van der Waals surface area contributed by atoms with Gasteiger partial charge in [0, 0.05) is 0 Å². The fourth-order valence-electron chi connectivity index (χ4n) is 2.05. The van der Waals surface area contributed by atoms with Crippen molar-refractivity contribution in [3.63, 3.8) is 0 Å². The minimum atomic E-state index is -1.12. The summed E-state index contributed by atoms with van der Waals surface area (Å²) in [5.74, 6) is -0.923. The van der Waals surface area contributed by atoms with E-state index in [1.807, 2.05) is 0 Å². The molecule has 1 fully saturated rings. The second-order valence-corrected chi connectivity index (χ2v) is 4.20. The van der Waals surface area contributed by atoms with Crippen LogP contribution < -0.4 is 5.32 Å². The summed E-state index contributed by atoms with van der Waals surface area (Å²) in [6, 6.07) is -1.09. The van der Waals surface area contributed by atoms with Crippen molar-refractivity contribution in [2.45, 2.75) is 39.7 Å². The molecule has 0 aromatic carbocycles. The summed E-state index contributed by atoms with van der Waals surface area (Å²) < 4.78 is 0. The van der Waals surface area contributed by atoms with Crippen LogP contribution >= 0.6 is 0 Å². The van der Waals surface area contributed by atoms with E-state index in [2.05, 4.69) is 11.9 Å². The Morgan fingerprint density at radius 1 is 1.35 bits per heavy atom. The quantitative estimate of drug-likeness (QED) is 0.595. The first kappa shape index (κ1) is 13.4. The maximum Gasteiger partial charge on any atom is 0.331 e. The van der Waals surface area contributed by atoms with Crippen molar-refractivity contribution in [1.82, 2.24) is 10.2 Å². The summed E-state index contributed by atoms with van der Waals surface area (Å²) in [5, 5.41) is 2.25. The number of barbiturate groups is 1. The number of imide groups is 2. The van der Waals surface area contributed by atoms with E-state index in [4.69, 9.17) is 0 Å². The predicted octanol–water partition coefficient (Wildman–Crippen LogP) is 1.45. The molecule has 1 saturated heterocycles. The topological polar surface area (TPSA) is 66.5 Å². The van der Waals surface area contributed by atoms with E-state index in [9.17, 15) is 14.4 Å². The fourth-order valence-corrected chi connectivity index (χ4v) is 2.05. The Kier molecular flexibility index (Phi) is 3.70. The zero-order chi connectivity index (χ0) is 13.2. The molecule has 5 heteroatoms. The molecule has 0 saturated carbocycles. The molecule has 1 aliphatic rings. The lowest BCUT2D eigenvalue weighted by atomic mass is 9.78. The van der Waals surface area contributed by atoms with E-state index < -0.39 is 29.3 Å². The highest BCUT2D eigenvalue weighted by Gasteiger charge is 2.52. The van der Waals surface area contributed by atoms with Gasteiger partial charge in [0.25, 0.3) is 0 Å². The van der Waals surface area contributed by atoms with E-state index in [-0.39, 0.29) is 0 Å². The molecule has 94 valence electrons. The van der Waals surface area contributed by atoms with Gasteiger partial charge in [-0.1, -0.05) is 19.9 Å². The molecular formula is C12H18N2O3. The van der Waals surface area contributed by atoms with Crippen LogP contribution in [0, 0.1) is 5.41 Å². The van der Waals surface area contributed by atoms with Gasteiger partial charge in [0.05, 0.1) is 6.04 Å². The van der Waals surface area contributed by atoms with Crippen molar-refractivity contribution in [3.8, 4) is 0 Å². The van der Waals surface area contributed by atoms with Crippen molar-refractivity contribution in [2.24, 2.45) is 5.41 Å². The molecule has 0 aromatic rings. The van der Waals surface area contributed by atoms with Gasteiger partial charge in [-0.25, -0.2) is 4.79 Å². The first-order valence-corrected chi connectivity index (χ1v) is 5.76. The van der Waals surface area contributed by atoms with E-state index in [0.717, 1.165) is 4.90 Å². The molecule has 1 heterocycles. The van der Waals surface area contributed by atoms with Crippen LogP contribution in [-0.4, -0.2) is 28.8 Å². The summed E-state index contributed by atoms with van der Waals surface area (Å²) >= 11 is 0. The van der Waals surface area contributed by atoms with Crippen LogP contribution in [0.5, 0.6) is 0 Å². The summed E-state index contributed by atoms with van der Waals surface area (Å²) in [6.45, 7) is 8.80. The maximum atomic E-state index is 12.3. The number of nitrogens with zero attached hydrogens (tertiary/aromatic N) is 1. The number of nitrogens with one attached hydrogen (secondary N) is 1. The van der Waals surface area contributed by atoms with Crippen molar-refractivity contribution in [3.05, 3.63) is 12.7 Å². The highest BCUT2D eigenvalue weighted by atomic mass is 16.2. The SMILES string of the molecule is C=CC(C)N1C(=O)NC(=O)C(CC)(CC)C1=O. The third kappa shape index (κ3) is 1.85. The van der Waals surface area contributed by atoms with Gasteiger partial charge in [0.1, 0.15) is 5.41 Å². The predicted molar refractivity (Wildman–Crippen MR) is 63.1 cm³/mol. The van der Waals surface area contributed by atoms with Crippen LogP contribution in [-0.2, 0) is 9.59 Å². The molecule has 0 aromatic heterocycles. The maximum absolute atomic E-state index is 12.3. The van der Waals surface area contributed by atoms with Crippen LogP contribution in [0.1, 0.15) is 33.6 Å². The summed E-state index contributed by atoms with van der Waals surface area (Å²) in [6.07, 6.45) is 2.26. The fraction of sp³-hybridized carbons (Fsp3) is 0.583. The molecule has 0 radical (unpaired) electrons. The zero-order valence-corrected chi connectivity index (χ0v) is 10.4. The Morgan fingerprint density at radius 2 is 1.88 bits per heavy atom. The number of amides is 4. The van der Waals surface area contributed by atoms with E-state index >= 15 is 0 Å². The monoisotopic (exact) mass is 238 g/mol. The minimum absolute atomic E-state index is 0.377. The first-order chi connectivity index (χ1) is 7.94. The smallest absolute Gasteiger partial charge is 0.277 e. The van der Waals surface area contributed by atoms with Crippen LogP contribution in [0.3, 0.4) is 0 Å². The summed E-state index contributed by atoms with van der Waals surface area (Å²) in [5.41, 5.74) is -1.12. The van der Waals surface area contributed by atoms with Crippen molar-refractivity contribution in [2.75, 3.05) is 0 Å². The third-order valence-corrected chi connectivity index (χ3v) is 3.46. The Bertz CT molecular complexity index is 372. The Labute approximate surface area is 101 Å². The lowest BCUT2D eigenvalue weighted by molar-refractivity contribution is -0.152. The van der Waals surface area contributed by atoms with Crippen molar-refractivity contribution in [1.29, 1.82) is 0 Å². The third-order valence-electron chi connectivity index (χ3n) is 3.46. The average Bonchev–Trinajstić information content (AvgIpc) is 2.30. The average molecular weight is 238 g/mol. The lowest BCUT2D eigenvalue weighted by Gasteiger charge is -2.40. The molecule has 1 N–H and O–H groups in total. The van der Waals surface area contributed by atoms with Crippen LogP contribution in [0.25, 0.3) is 0 Å². The van der Waals surface area contributed by atoms with Crippen molar-refractivity contribution >= 4 is 17.8 Å². The molecule has 17 heavy (non-hydrogen) atoms. The van der Waals surface area contributed by atoms with Gasteiger partial charge in [-0.15, -0.1) is 6.58 Å². The molecule has 0 aliphatic carbocycles. The molecule has 1 aliphatic heterocycles. The second kappa shape index (κ2) is 4.69. The number of hydrogen-bond donors (Lipinski definition) is 1. The minimum Gasteiger partial charge on any atom is -0.277 e. The molecule has 0 spiro atoms. The van der Waals surface area contributed by atoms with Gasteiger partial charge in [0.15, 0.2) is 0 Å².